The van der Waals surface area contributed by atoms with Gasteiger partial charge in [0.05, 0.1) is 42.9 Å². The van der Waals surface area contributed by atoms with Crippen LogP contribution >= 0.6 is 34.4 Å². The van der Waals surface area contributed by atoms with Crippen molar-refractivity contribution in [1.29, 1.82) is 0 Å². The van der Waals surface area contributed by atoms with Crippen LogP contribution in [-0.2, 0) is 9.59 Å². The molecule has 4 heterocycles. The third-order valence-electron chi connectivity index (χ3n) is 8.12. The predicted molar refractivity (Wildman–Crippen MR) is 163 cm³/mol. The number of aryl methyl sites for hydroxylation is 2. The summed E-state index contributed by atoms with van der Waals surface area (Å²) in [6, 6.07) is 10.1. The number of nitro groups is 1. The minimum atomic E-state index is -0.461. The van der Waals surface area contributed by atoms with E-state index in [0.29, 0.717) is 36.2 Å². The van der Waals surface area contributed by atoms with Gasteiger partial charge in [0.1, 0.15) is 10.7 Å². The van der Waals surface area contributed by atoms with Crippen LogP contribution in [0.4, 0.5) is 11.4 Å². The number of carbonyl (C=O) groups excluding carboxylic acids is 2. The normalized spacial score (nSPS) is 18.8. The van der Waals surface area contributed by atoms with Crippen LogP contribution in [0.1, 0.15) is 36.1 Å². The lowest BCUT2D eigenvalue weighted by Gasteiger charge is -2.19. The molecule has 3 aromatic heterocycles. The van der Waals surface area contributed by atoms with Gasteiger partial charge in [-0.05, 0) is 62.6 Å². The van der Waals surface area contributed by atoms with Crippen molar-refractivity contribution in [3.8, 4) is 11.4 Å². The molecule has 1 saturated carbocycles. The van der Waals surface area contributed by atoms with Gasteiger partial charge in [-0.15, -0.1) is 22.7 Å². The van der Waals surface area contributed by atoms with Crippen molar-refractivity contribution in [2.75, 3.05) is 4.90 Å². The van der Waals surface area contributed by atoms with Crippen LogP contribution in [0.5, 0.6) is 0 Å². The molecule has 1 saturated heterocycles. The smallest absolute Gasteiger partial charge is 0.284 e. The maximum absolute atomic E-state index is 13.1. The van der Waals surface area contributed by atoms with Crippen molar-refractivity contribution in [3.05, 3.63) is 67.3 Å². The Kier molecular flexibility index (Phi) is 6.48. The van der Waals surface area contributed by atoms with Crippen molar-refractivity contribution < 1.29 is 14.5 Å². The van der Waals surface area contributed by atoms with Crippen LogP contribution in [0.2, 0.25) is 0 Å². The van der Waals surface area contributed by atoms with Crippen molar-refractivity contribution in [3.63, 3.8) is 0 Å². The molecule has 2 aliphatic rings. The van der Waals surface area contributed by atoms with E-state index >= 15 is 0 Å². The fourth-order valence-corrected chi connectivity index (χ4v) is 9.04. The predicted octanol–water partition coefficient (Wildman–Crippen LogP) is 6.62. The second-order valence-corrected chi connectivity index (χ2v) is 14.1. The lowest BCUT2D eigenvalue weighted by Crippen LogP contribution is -2.30. The van der Waals surface area contributed by atoms with E-state index in [0.717, 1.165) is 40.8 Å². The molecule has 2 atom stereocenters. The van der Waals surface area contributed by atoms with Crippen LogP contribution in [0, 0.1) is 35.8 Å². The molecular weight excluding hydrogens is 595 g/mol. The summed E-state index contributed by atoms with van der Waals surface area (Å²) >= 11 is 3.93. The second-order valence-electron chi connectivity index (χ2n) is 10.6. The van der Waals surface area contributed by atoms with Crippen LogP contribution in [0.15, 0.2) is 50.4 Å². The number of hydrogen-bond acceptors (Lipinski definition) is 10. The fraction of sp³-hybridized carbons (Fsp3) is 0.276. The Hall–Kier alpha value is -3.94. The Balaban J connectivity index is 1.19. The number of rotatable bonds is 5. The Bertz CT molecular complexity index is 2010. The fourth-order valence-electron chi connectivity index (χ4n) is 5.87. The molecule has 0 radical (unpaired) electrons. The number of thiazole rings is 1. The highest BCUT2D eigenvalue weighted by Crippen LogP contribution is 2.43. The van der Waals surface area contributed by atoms with Gasteiger partial charge in [0, 0.05) is 16.5 Å². The number of aromatic amines is 1. The molecule has 5 aromatic rings. The lowest BCUT2D eigenvalue weighted by atomic mass is 9.81. The van der Waals surface area contributed by atoms with E-state index in [4.69, 9.17) is 0 Å². The van der Waals surface area contributed by atoms with E-state index in [1.54, 1.807) is 30.3 Å². The van der Waals surface area contributed by atoms with Gasteiger partial charge in [-0.1, -0.05) is 24.6 Å². The van der Waals surface area contributed by atoms with E-state index in [1.807, 2.05) is 13.8 Å². The minimum absolute atomic E-state index is 0.127. The number of anilines is 1. The Morgan fingerprint density at radius 1 is 1.00 bits per heavy atom. The van der Waals surface area contributed by atoms with E-state index in [1.165, 1.54) is 45.4 Å². The molecule has 2 fully saturated rings. The maximum Gasteiger partial charge on any atom is 0.284 e. The topological polar surface area (TPSA) is 139 Å². The summed E-state index contributed by atoms with van der Waals surface area (Å²) in [5.74, 6) is -0.443. The first-order valence-electron chi connectivity index (χ1n) is 13.4. The van der Waals surface area contributed by atoms with Gasteiger partial charge in [0.2, 0.25) is 11.8 Å². The van der Waals surface area contributed by atoms with Crippen LogP contribution in [0.25, 0.3) is 31.8 Å². The molecule has 212 valence electrons. The molecule has 2 aromatic carbocycles. The summed E-state index contributed by atoms with van der Waals surface area (Å²) in [6.45, 7) is 3.80. The van der Waals surface area contributed by atoms with E-state index in [-0.39, 0.29) is 40.7 Å². The molecule has 10 nitrogen and oxygen atoms in total. The number of nitrogens with zero attached hydrogens (tertiary/aromatic N) is 4. The first-order chi connectivity index (χ1) is 20.2. The molecule has 13 heteroatoms. The van der Waals surface area contributed by atoms with E-state index < -0.39 is 4.92 Å². The molecule has 7 rings (SSSR count). The average Bonchev–Trinajstić information content (AvgIpc) is 3.59. The molecule has 0 unspecified atom stereocenters. The van der Waals surface area contributed by atoms with Gasteiger partial charge in [-0.25, -0.2) is 9.97 Å². The molecule has 0 spiro atoms. The standard InChI is InChI=1S/C29H23N5O5S3/c1-13-14(2)40-26-23(13)25(35)31-24(32-26)15-7-10-21(20(11-15)34(38)39)41-29-30-19-9-8-16(12-22(19)42-29)33-27(36)17-5-3-4-6-18(17)28(33)37/h7-12,17-18H,3-6H2,1-2H3,(H,31,32,35)/t17-,18+. The number of amides is 2. The third-order valence-corrected chi connectivity index (χ3v) is 11.4. The number of nitrogens with one attached hydrogen (secondary N) is 1. The number of hydrogen-bond donors (Lipinski definition) is 1. The summed E-state index contributed by atoms with van der Waals surface area (Å²) < 4.78 is 1.37. The molecule has 1 N–H and O–H groups in total. The van der Waals surface area contributed by atoms with Gasteiger partial charge >= 0.3 is 0 Å². The van der Waals surface area contributed by atoms with Crippen molar-refractivity contribution in [2.24, 2.45) is 11.8 Å². The highest BCUT2D eigenvalue weighted by Gasteiger charge is 2.48. The van der Waals surface area contributed by atoms with Crippen LogP contribution in [0.3, 0.4) is 0 Å². The first-order valence-corrected chi connectivity index (χ1v) is 15.9. The SMILES string of the molecule is Cc1sc2nc(-c3ccc(Sc4nc5ccc(N6C(=O)[C@H]7CCCC[C@H]7C6=O)cc5s4)c([N+](=O)[O-])c3)[nH]c(=O)c2c1C. The lowest BCUT2D eigenvalue weighted by molar-refractivity contribution is -0.387. The minimum Gasteiger partial charge on any atom is -0.306 e. The number of H-pyrrole nitrogens is 1. The molecule has 1 aliphatic carbocycles. The summed E-state index contributed by atoms with van der Waals surface area (Å²) in [5.41, 5.74) is 2.13. The van der Waals surface area contributed by atoms with E-state index in [2.05, 4.69) is 15.0 Å². The summed E-state index contributed by atoms with van der Waals surface area (Å²) in [5, 5.41) is 12.6. The zero-order valence-electron chi connectivity index (χ0n) is 22.5. The van der Waals surface area contributed by atoms with Crippen LogP contribution < -0.4 is 10.5 Å². The Labute approximate surface area is 251 Å². The monoisotopic (exact) mass is 617 g/mol. The second kappa shape index (κ2) is 10.1. The summed E-state index contributed by atoms with van der Waals surface area (Å²) in [7, 11) is 0. The van der Waals surface area contributed by atoms with Gasteiger partial charge in [-0.3, -0.25) is 29.4 Å². The zero-order chi connectivity index (χ0) is 29.3. The largest absolute Gasteiger partial charge is 0.306 e. The summed E-state index contributed by atoms with van der Waals surface area (Å²) in [4.78, 5) is 65.8. The molecule has 42 heavy (non-hydrogen) atoms. The number of benzene rings is 2. The average molecular weight is 618 g/mol. The molecule has 2 amide bonds. The van der Waals surface area contributed by atoms with Gasteiger partial charge in [0.25, 0.3) is 11.2 Å². The highest BCUT2D eigenvalue weighted by molar-refractivity contribution is 8.01. The van der Waals surface area contributed by atoms with Gasteiger partial charge < -0.3 is 4.98 Å². The van der Waals surface area contributed by atoms with Crippen molar-refractivity contribution in [2.45, 2.75) is 48.8 Å². The number of fused-ring (bicyclic) bond motifs is 3. The number of carbonyl (C=O) groups is 2. The molecule has 1 aliphatic heterocycles. The quantitative estimate of drug-likeness (QED) is 0.132. The number of imide groups is 1. The summed E-state index contributed by atoms with van der Waals surface area (Å²) in [6.07, 6.45) is 3.43. The first kappa shape index (κ1) is 26.9. The molecule has 0 bridgehead atoms. The third kappa shape index (κ3) is 4.34. The Morgan fingerprint density at radius 3 is 2.45 bits per heavy atom. The van der Waals surface area contributed by atoms with Gasteiger partial charge in [0.15, 0.2) is 4.34 Å². The van der Waals surface area contributed by atoms with Crippen molar-refractivity contribution >= 4 is 78.1 Å². The van der Waals surface area contributed by atoms with Crippen molar-refractivity contribution in [1.82, 2.24) is 15.0 Å². The van der Waals surface area contributed by atoms with E-state index in [9.17, 15) is 24.5 Å². The number of thiophene rings is 1. The Morgan fingerprint density at radius 2 is 1.74 bits per heavy atom. The number of nitro benzene ring substituents is 1. The maximum atomic E-state index is 13.1. The van der Waals surface area contributed by atoms with Crippen LogP contribution in [-0.4, -0.2) is 31.7 Å². The molecular formula is C29H23N5O5S3. The zero-order valence-corrected chi connectivity index (χ0v) is 25.0. The van der Waals surface area contributed by atoms with Gasteiger partial charge in [-0.2, -0.15) is 0 Å². The number of aromatic nitrogens is 3. The highest BCUT2D eigenvalue weighted by atomic mass is 32.2.